The fourth-order valence-corrected chi connectivity index (χ4v) is 1.60. The Morgan fingerprint density at radius 2 is 1.94 bits per heavy atom. The highest BCUT2D eigenvalue weighted by Crippen LogP contribution is 2.26. The predicted octanol–water partition coefficient (Wildman–Crippen LogP) is 2.17. The number of carbonyl (C=O) groups is 1. The van der Waals surface area contributed by atoms with Crippen LogP contribution >= 0.6 is 25.3 Å². The van der Waals surface area contributed by atoms with E-state index < -0.39 is 11.0 Å². The number of benzene rings is 1. The molecule has 0 saturated heterocycles. The molecule has 0 aliphatic rings. The molecule has 0 saturated carbocycles. The van der Waals surface area contributed by atoms with Gasteiger partial charge in [0.15, 0.2) is 0 Å². The first-order chi connectivity index (χ1) is 8.10. The van der Waals surface area contributed by atoms with E-state index in [1.807, 2.05) is 0 Å². The highest BCUT2D eigenvalue weighted by Gasteiger charge is 2.19. The first-order valence-electron chi connectivity index (χ1n) is 4.52. The third-order valence-corrected chi connectivity index (χ3v) is 2.54. The van der Waals surface area contributed by atoms with Crippen LogP contribution < -0.4 is 4.74 Å². The first-order valence-corrected chi connectivity index (χ1v) is 5.78. The number of ether oxygens (including phenoxy) is 1. The molecule has 0 radical (unpaired) electrons. The fraction of sp³-hybridized carbons (Fsp3) is 0.222. The lowest BCUT2D eigenvalue weighted by Crippen LogP contribution is -2.31. The van der Waals surface area contributed by atoms with E-state index in [1.165, 1.54) is 23.1 Å². The molecule has 0 atom stereocenters. The van der Waals surface area contributed by atoms with Gasteiger partial charge < -0.3 is 4.74 Å². The Kier molecular flexibility index (Phi) is 5.11. The Labute approximate surface area is 109 Å². The second-order valence-electron chi connectivity index (χ2n) is 2.92. The summed E-state index contributed by atoms with van der Waals surface area (Å²) in [5.41, 5.74) is -0.265. The van der Waals surface area contributed by atoms with Crippen molar-refractivity contribution in [2.45, 2.75) is 0 Å². The van der Waals surface area contributed by atoms with E-state index in [0.29, 0.717) is 0 Å². The van der Waals surface area contributed by atoms with E-state index in [-0.39, 0.29) is 23.2 Å². The van der Waals surface area contributed by atoms with Crippen molar-refractivity contribution in [3.63, 3.8) is 0 Å². The van der Waals surface area contributed by atoms with Crippen LogP contribution in [0.3, 0.4) is 0 Å². The van der Waals surface area contributed by atoms with Crippen molar-refractivity contribution < 1.29 is 14.5 Å². The number of nitrogens with zero attached hydrogens (tertiary/aromatic N) is 2. The lowest BCUT2D eigenvalue weighted by atomic mass is 10.3. The average molecular weight is 274 g/mol. The number of hydrogen-bond acceptors (Lipinski definition) is 6. The number of thiol groups is 2. The summed E-state index contributed by atoms with van der Waals surface area (Å²) < 4.78 is 4.90. The fourth-order valence-electron chi connectivity index (χ4n) is 1.01. The maximum Gasteiger partial charge on any atom is 0.416 e. The number of amides is 1. The number of para-hydroxylation sites is 2. The number of hydrogen-bond donors (Lipinski definition) is 2. The van der Waals surface area contributed by atoms with Gasteiger partial charge in [-0.05, 0) is 6.07 Å². The minimum absolute atomic E-state index is 0.101. The van der Waals surface area contributed by atoms with Gasteiger partial charge in [0.25, 0.3) is 0 Å². The topological polar surface area (TPSA) is 72.7 Å². The maximum atomic E-state index is 11.5. The van der Waals surface area contributed by atoms with Crippen LogP contribution in [0.4, 0.5) is 10.5 Å². The zero-order valence-corrected chi connectivity index (χ0v) is 10.4. The monoisotopic (exact) mass is 274 g/mol. The van der Waals surface area contributed by atoms with E-state index in [1.54, 1.807) is 6.07 Å². The molecular weight excluding hydrogens is 264 g/mol. The molecule has 0 aliphatic heterocycles. The largest absolute Gasteiger partial charge is 0.416 e. The van der Waals surface area contributed by atoms with Crippen molar-refractivity contribution in [2.24, 2.45) is 0 Å². The smallest absolute Gasteiger partial charge is 0.403 e. The molecule has 0 fully saturated rings. The second-order valence-corrected chi connectivity index (χ2v) is 3.48. The van der Waals surface area contributed by atoms with E-state index >= 15 is 0 Å². The molecule has 1 rings (SSSR count). The predicted molar refractivity (Wildman–Crippen MR) is 68.7 cm³/mol. The summed E-state index contributed by atoms with van der Waals surface area (Å²) in [5, 5.41) is 10.7. The molecule has 6 nitrogen and oxygen atoms in total. The molecule has 8 heteroatoms. The SMILES string of the molecule is O=C(Oc1ccccc1[N+](=O)[O-])N(CS)CS. The van der Waals surface area contributed by atoms with Gasteiger partial charge >= 0.3 is 11.8 Å². The van der Waals surface area contributed by atoms with Crippen molar-refractivity contribution in [1.82, 2.24) is 4.90 Å². The molecule has 92 valence electrons. The lowest BCUT2D eigenvalue weighted by molar-refractivity contribution is -0.385. The van der Waals surface area contributed by atoms with Crippen molar-refractivity contribution >= 4 is 37.0 Å². The van der Waals surface area contributed by atoms with Gasteiger partial charge in [-0.15, -0.1) is 0 Å². The van der Waals surface area contributed by atoms with Crippen LogP contribution in [0.5, 0.6) is 5.75 Å². The summed E-state index contributed by atoms with van der Waals surface area (Å²) in [6, 6.07) is 5.64. The van der Waals surface area contributed by atoms with Crippen molar-refractivity contribution in [3.05, 3.63) is 34.4 Å². The Bertz CT molecular complexity index is 423. The molecule has 1 amide bonds. The van der Waals surface area contributed by atoms with Gasteiger partial charge in [0.2, 0.25) is 5.75 Å². The van der Waals surface area contributed by atoms with Crippen LogP contribution in [-0.4, -0.2) is 27.7 Å². The van der Waals surface area contributed by atoms with Crippen LogP contribution in [0.15, 0.2) is 24.3 Å². The number of nitro groups is 1. The number of nitro benzene ring substituents is 1. The summed E-state index contributed by atoms with van der Waals surface area (Å²) in [5.74, 6) is 0.127. The minimum atomic E-state index is -0.732. The zero-order chi connectivity index (χ0) is 12.8. The van der Waals surface area contributed by atoms with Gasteiger partial charge in [0.1, 0.15) is 0 Å². The van der Waals surface area contributed by atoms with Gasteiger partial charge in [0, 0.05) is 6.07 Å². The van der Waals surface area contributed by atoms with Gasteiger partial charge in [-0.3, -0.25) is 15.0 Å². The number of carbonyl (C=O) groups excluding carboxylic acids is 1. The van der Waals surface area contributed by atoms with E-state index in [0.717, 1.165) is 0 Å². The van der Waals surface area contributed by atoms with Gasteiger partial charge in [-0.2, -0.15) is 25.3 Å². The Hall–Kier alpha value is -1.41. The van der Waals surface area contributed by atoms with Gasteiger partial charge in [-0.25, -0.2) is 4.79 Å². The molecule has 1 aromatic carbocycles. The zero-order valence-electron chi connectivity index (χ0n) is 8.65. The Morgan fingerprint density at radius 3 is 2.47 bits per heavy atom. The molecule has 0 unspecified atom stereocenters. The molecule has 0 aliphatic carbocycles. The third kappa shape index (κ3) is 3.53. The summed E-state index contributed by atoms with van der Waals surface area (Å²) >= 11 is 7.82. The standard InChI is InChI=1S/C9H10N2O4S2/c12-9(10(5-16)6-17)15-8-4-2-1-3-7(8)11(13)14/h1-4,16-17H,5-6H2. The highest BCUT2D eigenvalue weighted by molar-refractivity contribution is 7.81. The Morgan fingerprint density at radius 1 is 1.35 bits per heavy atom. The van der Waals surface area contributed by atoms with Crippen molar-refractivity contribution in [2.75, 3.05) is 11.8 Å². The van der Waals surface area contributed by atoms with Crippen LogP contribution in [0.25, 0.3) is 0 Å². The summed E-state index contributed by atoms with van der Waals surface area (Å²) in [6.07, 6.45) is -0.732. The van der Waals surface area contributed by atoms with Gasteiger partial charge in [0.05, 0.1) is 16.7 Å². The minimum Gasteiger partial charge on any atom is -0.403 e. The second kappa shape index (κ2) is 6.36. The Balaban J connectivity index is 2.88. The maximum absolute atomic E-state index is 11.5. The van der Waals surface area contributed by atoms with Gasteiger partial charge in [-0.1, -0.05) is 12.1 Å². The average Bonchev–Trinajstić information content (AvgIpc) is 2.31. The molecule has 1 aromatic rings. The van der Waals surface area contributed by atoms with E-state index in [9.17, 15) is 14.9 Å². The molecule has 0 aromatic heterocycles. The van der Waals surface area contributed by atoms with E-state index in [2.05, 4.69) is 25.3 Å². The van der Waals surface area contributed by atoms with Crippen molar-refractivity contribution in [1.29, 1.82) is 0 Å². The third-order valence-electron chi connectivity index (χ3n) is 1.86. The first kappa shape index (κ1) is 13.7. The quantitative estimate of drug-likeness (QED) is 0.382. The number of rotatable bonds is 4. The van der Waals surface area contributed by atoms with Crippen LogP contribution in [0, 0.1) is 10.1 Å². The molecule has 0 heterocycles. The van der Waals surface area contributed by atoms with E-state index in [4.69, 9.17) is 4.74 Å². The van der Waals surface area contributed by atoms with Crippen molar-refractivity contribution in [3.8, 4) is 5.75 Å². The molecule has 0 N–H and O–H groups in total. The molecule has 17 heavy (non-hydrogen) atoms. The van der Waals surface area contributed by atoms with Crippen LogP contribution in [0.2, 0.25) is 0 Å². The molecule has 0 spiro atoms. The highest BCUT2D eigenvalue weighted by atomic mass is 32.1. The molecule has 0 bridgehead atoms. The lowest BCUT2D eigenvalue weighted by Gasteiger charge is -2.16. The normalized spacial score (nSPS) is 9.76. The van der Waals surface area contributed by atoms with Crippen LogP contribution in [0.1, 0.15) is 0 Å². The van der Waals surface area contributed by atoms with Crippen LogP contribution in [-0.2, 0) is 0 Å². The molecular formula is C9H10N2O4S2. The summed E-state index contributed by atoms with van der Waals surface area (Å²) in [4.78, 5) is 22.8. The summed E-state index contributed by atoms with van der Waals surface area (Å²) in [6.45, 7) is 0. The summed E-state index contributed by atoms with van der Waals surface area (Å²) in [7, 11) is 0.